The van der Waals surface area contributed by atoms with Crippen molar-refractivity contribution in [3.05, 3.63) is 24.4 Å². The number of rotatable bonds is 4. The van der Waals surface area contributed by atoms with Gasteiger partial charge in [-0.05, 0) is 30.9 Å². The van der Waals surface area contributed by atoms with Crippen LogP contribution in [0.5, 0.6) is 0 Å². The van der Waals surface area contributed by atoms with Crippen LogP contribution >= 0.6 is 0 Å². The first-order valence-electron chi connectivity index (χ1n) is 8.62. The number of pyridine rings is 1. The van der Waals surface area contributed by atoms with Crippen molar-refractivity contribution in [1.82, 2.24) is 14.8 Å². The van der Waals surface area contributed by atoms with Gasteiger partial charge >= 0.3 is 0 Å². The third kappa shape index (κ3) is 4.20. The van der Waals surface area contributed by atoms with Gasteiger partial charge < -0.3 is 15.5 Å². The highest BCUT2D eigenvalue weighted by molar-refractivity contribution is 5.78. The average Bonchev–Trinajstić information content (AvgIpc) is 2.62. The number of likely N-dealkylation sites (tertiary alicyclic amines) is 1. The van der Waals surface area contributed by atoms with Gasteiger partial charge in [0.15, 0.2) is 0 Å². The van der Waals surface area contributed by atoms with Crippen molar-refractivity contribution in [3.8, 4) is 0 Å². The summed E-state index contributed by atoms with van der Waals surface area (Å²) in [4.78, 5) is 23.0. The summed E-state index contributed by atoms with van der Waals surface area (Å²) in [7, 11) is 0. The van der Waals surface area contributed by atoms with E-state index in [0.717, 1.165) is 58.1 Å². The van der Waals surface area contributed by atoms with Crippen LogP contribution in [0.3, 0.4) is 0 Å². The fourth-order valence-corrected chi connectivity index (χ4v) is 3.64. The molecule has 0 aliphatic carbocycles. The summed E-state index contributed by atoms with van der Waals surface area (Å²) in [5.41, 5.74) is 5.49. The molecule has 6 nitrogen and oxygen atoms in total. The van der Waals surface area contributed by atoms with Gasteiger partial charge in [0.1, 0.15) is 5.82 Å². The molecule has 1 aromatic rings. The molecule has 0 radical (unpaired) electrons. The van der Waals surface area contributed by atoms with Gasteiger partial charge in [-0.25, -0.2) is 4.98 Å². The maximum Gasteiger partial charge on any atom is 0.236 e. The van der Waals surface area contributed by atoms with Crippen LogP contribution < -0.4 is 10.6 Å². The lowest BCUT2D eigenvalue weighted by atomic mass is 9.97. The first kappa shape index (κ1) is 16.2. The Morgan fingerprint density at radius 1 is 1.22 bits per heavy atom. The van der Waals surface area contributed by atoms with Crippen LogP contribution in [0, 0.1) is 5.92 Å². The molecule has 2 fully saturated rings. The minimum Gasteiger partial charge on any atom is -0.354 e. The molecule has 3 heterocycles. The van der Waals surface area contributed by atoms with Crippen LogP contribution in [0.2, 0.25) is 0 Å². The molecule has 2 N–H and O–H groups in total. The van der Waals surface area contributed by atoms with Gasteiger partial charge in [0.2, 0.25) is 5.91 Å². The molecule has 2 saturated heterocycles. The van der Waals surface area contributed by atoms with Crippen molar-refractivity contribution in [2.45, 2.75) is 12.8 Å². The molecule has 6 heteroatoms. The summed E-state index contributed by atoms with van der Waals surface area (Å²) in [5.74, 6) is 1.75. The van der Waals surface area contributed by atoms with Gasteiger partial charge in [0.25, 0.3) is 0 Å². The van der Waals surface area contributed by atoms with E-state index in [4.69, 9.17) is 5.73 Å². The van der Waals surface area contributed by atoms with Crippen molar-refractivity contribution in [2.24, 2.45) is 11.7 Å². The normalized spacial score (nSPS) is 23.1. The van der Waals surface area contributed by atoms with E-state index in [1.54, 1.807) is 0 Å². The fourth-order valence-electron chi connectivity index (χ4n) is 3.64. The summed E-state index contributed by atoms with van der Waals surface area (Å²) in [6, 6.07) is 6.07. The third-order valence-electron chi connectivity index (χ3n) is 4.91. The zero-order valence-electron chi connectivity index (χ0n) is 13.7. The Balaban J connectivity index is 1.46. The molecule has 0 bridgehead atoms. The topological polar surface area (TPSA) is 65.7 Å². The Morgan fingerprint density at radius 3 is 2.74 bits per heavy atom. The molecule has 126 valence electrons. The molecule has 2 aliphatic heterocycles. The highest BCUT2D eigenvalue weighted by Gasteiger charge is 2.26. The highest BCUT2D eigenvalue weighted by atomic mass is 16.2. The average molecular weight is 317 g/mol. The summed E-state index contributed by atoms with van der Waals surface area (Å²) in [6.45, 7) is 7.15. The van der Waals surface area contributed by atoms with Crippen molar-refractivity contribution in [2.75, 3.05) is 57.3 Å². The van der Waals surface area contributed by atoms with Crippen LogP contribution in [0.25, 0.3) is 0 Å². The second-order valence-corrected chi connectivity index (χ2v) is 6.53. The van der Waals surface area contributed by atoms with E-state index in [2.05, 4.69) is 20.9 Å². The summed E-state index contributed by atoms with van der Waals surface area (Å²) < 4.78 is 0. The van der Waals surface area contributed by atoms with Crippen molar-refractivity contribution >= 4 is 11.7 Å². The number of aromatic nitrogens is 1. The van der Waals surface area contributed by atoms with Gasteiger partial charge in [-0.15, -0.1) is 0 Å². The fraction of sp³-hybridized carbons (Fsp3) is 0.647. The van der Waals surface area contributed by atoms with Crippen molar-refractivity contribution in [1.29, 1.82) is 0 Å². The van der Waals surface area contributed by atoms with Gasteiger partial charge in [-0.2, -0.15) is 0 Å². The Kier molecular flexibility index (Phi) is 5.46. The van der Waals surface area contributed by atoms with E-state index < -0.39 is 0 Å². The maximum atomic E-state index is 11.8. The largest absolute Gasteiger partial charge is 0.354 e. The molecular formula is C17H27N5O. The third-order valence-corrected chi connectivity index (χ3v) is 4.91. The number of amides is 1. The number of nitrogens with two attached hydrogens (primary N) is 1. The molecule has 2 aliphatic rings. The van der Waals surface area contributed by atoms with Crippen LogP contribution in [-0.2, 0) is 4.79 Å². The SMILES string of the molecule is NCC(=O)N1CCCC(CN2CCN(c3ccccn3)CC2)C1. The minimum atomic E-state index is 0.0923. The summed E-state index contributed by atoms with van der Waals surface area (Å²) in [6.07, 6.45) is 4.17. The first-order chi connectivity index (χ1) is 11.3. The molecule has 1 unspecified atom stereocenters. The van der Waals surface area contributed by atoms with E-state index in [0.29, 0.717) is 5.92 Å². The first-order valence-corrected chi connectivity index (χ1v) is 8.62. The van der Waals surface area contributed by atoms with E-state index in [1.807, 2.05) is 23.2 Å². The molecule has 23 heavy (non-hydrogen) atoms. The predicted octanol–water partition coefficient (Wildman–Crippen LogP) is 0.401. The lowest BCUT2D eigenvalue weighted by molar-refractivity contribution is -0.131. The van der Waals surface area contributed by atoms with Crippen molar-refractivity contribution < 1.29 is 4.79 Å². The molecule has 0 aromatic carbocycles. The summed E-state index contributed by atoms with van der Waals surface area (Å²) in [5, 5.41) is 0. The zero-order chi connectivity index (χ0) is 16.1. The Bertz CT molecular complexity index is 501. The molecule has 1 amide bonds. The Hall–Kier alpha value is -1.66. The lowest BCUT2D eigenvalue weighted by Crippen LogP contribution is -2.50. The molecule has 0 spiro atoms. The zero-order valence-corrected chi connectivity index (χ0v) is 13.7. The number of hydrogen-bond acceptors (Lipinski definition) is 5. The number of piperidine rings is 1. The minimum absolute atomic E-state index is 0.0923. The highest BCUT2D eigenvalue weighted by Crippen LogP contribution is 2.19. The standard InChI is InChI=1S/C17H27N5O/c18-12-17(23)22-7-3-4-15(14-22)13-20-8-10-21(11-9-20)16-5-1-2-6-19-16/h1-2,5-6,15H,3-4,7-14,18H2. The quantitative estimate of drug-likeness (QED) is 0.871. The van der Waals surface area contributed by atoms with Gasteiger partial charge in [-0.1, -0.05) is 6.07 Å². The number of nitrogens with zero attached hydrogens (tertiary/aromatic N) is 4. The van der Waals surface area contributed by atoms with Crippen LogP contribution in [-0.4, -0.2) is 73.0 Å². The molecular weight excluding hydrogens is 290 g/mol. The molecule has 1 atom stereocenters. The molecule has 3 rings (SSSR count). The van der Waals surface area contributed by atoms with Crippen LogP contribution in [0.15, 0.2) is 24.4 Å². The van der Waals surface area contributed by atoms with E-state index in [9.17, 15) is 4.79 Å². The summed E-state index contributed by atoms with van der Waals surface area (Å²) >= 11 is 0. The monoisotopic (exact) mass is 317 g/mol. The second kappa shape index (κ2) is 7.75. The van der Waals surface area contributed by atoms with Crippen molar-refractivity contribution in [3.63, 3.8) is 0 Å². The number of carbonyl (C=O) groups is 1. The Morgan fingerprint density at radius 2 is 2.04 bits per heavy atom. The van der Waals surface area contributed by atoms with Gasteiger partial charge in [-0.3, -0.25) is 9.69 Å². The predicted molar refractivity (Wildman–Crippen MR) is 91.2 cm³/mol. The number of hydrogen-bond donors (Lipinski definition) is 1. The van der Waals surface area contributed by atoms with Crippen LogP contribution in [0.1, 0.15) is 12.8 Å². The van der Waals surface area contributed by atoms with Gasteiger partial charge in [0, 0.05) is 52.0 Å². The molecule has 0 saturated carbocycles. The van der Waals surface area contributed by atoms with E-state index in [-0.39, 0.29) is 12.5 Å². The number of piperazine rings is 1. The number of carbonyl (C=O) groups excluding carboxylic acids is 1. The van der Waals surface area contributed by atoms with E-state index >= 15 is 0 Å². The van der Waals surface area contributed by atoms with Crippen LogP contribution in [0.4, 0.5) is 5.82 Å². The molecule has 1 aromatic heterocycles. The maximum absolute atomic E-state index is 11.8. The second-order valence-electron chi connectivity index (χ2n) is 6.53. The Labute approximate surface area is 138 Å². The number of anilines is 1. The smallest absolute Gasteiger partial charge is 0.236 e. The van der Waals surface area contributed by atoms with Gasteiger partial charge in [0.05, 0.1) is 6.54 Å². The lowest BCUT2D eigenvalue weighted by Gasteiger charge is -2.39. The van der Waals surface area contributed by atoms with E-state index in [1.165, 1.54) is 6.42 Å².